The second-order valence-electron chi connectivity index (χ2n) is 4.10. The van der Waals surface area contributed by atoms with Crippen LogP contribution in [-0.2, 0) is 0 Å². The summed E-state index contributed by atoms with van der Waals surface area (Å²) in [6.07, 6.45) is 0.714. The van der Waals surface area contributed by atoms with Crippen LogP contribution in [0.25, 0.3) is 11.3 Å². The van der Waals surface area contributed by atoms with Crippen LogP contribution < -0.4 is 0 Å². The molecule has 0 spiro atoms. The third kappa shape index (κ3) is 2.06. The van der Waals surface area contributed by atoms with Crippen molar-refractivity contribution in [1.82, 2.24) is 0 Å². The highest BCUT2D eigenvalue weighted by molar-refractivity contribution is 5.72. The molecule has 0 amide bonds. The van der Waals surface area contributed by atoms with Crippen molar-refractivity contribution in [2.75, 3.05) is 0 Å². The fourth-order valence-corrected chi connectivity index (χ4v) is 1.60. The van der Waals surface area contributed by atoms with Crippen LogP contribution in [0.15, 0.2) is 40.8 Å². The Bertz CT molecular complexity index is 478. The van der Waals surface area contributed by atoms with E-state index in [0.717, 1.165) is 11.3 Å². The zero-order chi connectivity index (χ0) is 11.5. The summed E-state index contributed by atoms with van der Waals surface area (Å²) in [4.78, 5) is 10.5. The van der Waals surface area contributed by atoms with Gasteiger partial charge in [0.25, 0.3) is 0 Å². The fraction of sp³-hybridized carbons (Fsp3) is 0.214. The van der Waals surface area contributed by atoms with Gasteiger partial charge in [-0.25, -0.2) is 0 Å². The van der Waals surface area contributed by atoms with Crippen molar-refractivity contribution >= 4 is 6.29 Å². The lowest BCUT2D eigenvalue weighted by Gasteiger charge is -2.05. The van der Waals surface area contributed by atoms with E-state index in [0.29, 0.717) is 18.0 Å². The molecule has 0 radical (unpaired) electrons. The van der Waals surface area contributed by atoms with Crippen LogP contribution in [0, 0.1) is 0 Å². The molecule has 0 bridgehead atoms. The van der Waals surface area contributed by atoms with Gasteiger partial charge in [0.2, 0.25) is 0 Å². The molecule has 2 rings (SSSR count). The zero-order valence-electron chi connectivity index (χ0n) is 9.44. The standard InChI is InChI=1S/C14H14O2/c1-10(2)11-3-5-12(6-4-11)14-8-7-13(9-15)16-14/h3-10H,1-2H3. The van der Waals surface area contributed by atoms with E-state index in [1.807, 2.05) is 18.2 Å². The minimum Gasteiger partial charge on any atom is -0.453 e. The second-order valence-corrected chi connectivity index (χ2v) is 4.10. The SMILES string of the molecule is CC(C)c1ccc(-c2ccc(C=O)o2)cc1. The molecular formula is C14H14O2. The Labute approximate surface area is 94.9 Å². The molecule has 0 aliphatic carbocycles. The van der Waals surface area contributed by atoms with E-state index in [9.17, 15) is 4.79 Å². The molecule has 1 heterocycles. The molecule has 0 N–H and O–H groups in total. The number of carbonyl (C=O) groups excluding carboxylic acids is 1. The zero-order valence-corrected chi connectivity index (χ0v) is 9.44. The summed E-state index contributed by atoms with van der Waals surface area (Å²) in [7, 11) is 0. The summed E-state index contributed by atoms with van der Waals surface area (Å²) < 4.78 is 5.35. The van der Waals surface area contributed by atoms with Crippen LogP contribution >= 0.6 is 0 Å². The summed E-state index contributed by atoms with van der Waals surface area (Å²) in [5, 5.41) is 0. The maximum Gasteiger partial charge on any atom is 0.185 e. The second kappa shape index (κ2) is 4.35. The molecule has 1 aromatic carbocycles. The summed E-state index contributed by atoms with van der Waals surface area (Å²) in [6.45, 7) is 4.32. The highest BCUT2D eigenvalue weighted by Gasteiger charge is 2.04. The molecular weight excluding hydrogens is 200 g/mol. The molecule has 0 saturated carbocycles. The average molecular weight is 214 g/mol. The lowest BCUT2D eigenvalue weighted by Crippen LogP contribution is -1.85. The van der Waals surface area contributed by atoms with Gasteiger partial charge >= 0.3 is 0 Å². The predicted octanol–water partition coefficient (Wildman–Crippen LogP) is 3.88. The topological polar surface area (TPSA) is 30.2 Å². The largest absolute Gasteiger partial charge is 0.453 e. The number of hydrogen-bond donors (Lipinski definition) is 0. The van der Waals surface area contributed by atoms with Crippen LogP contribution in [0.3, 0.4) is 0 Å². The van der Waals surface area contributed by atoms with Crippen molar-refractivity contribution in [2.24, 2.45) is 0 Å². The van der Waals surface area contributed by atoms with Crippen LogP contribution in [0.1, 0.15) is 35.9 Å². The molecule has 0 unspecified atom stereocenters. The van der Waals surface area contributed by atoms with Gasteiger partial charge in [-0.2, -0.15) is 0 Å². The number of furan rings is 1. The van der Waals surface area contributed by atoms with Crippen molar-refractivity contribution in [1.29, 1.82) is 0 Å². The average Bonchev–Trinajstić information content (AvgIpc) is 2.77. The van der Waals surface area contributed by atoms with E-state index in [1.54, 1.807) is 6.07 Å². The van der Waals surface area contributed by atoms with E-state index in [-0.39, 0.29) is 0 Å². The molecule has 0 fully saturated rings. The van der Waals surface area contributed by atoms with Gasteiger partial charge in [-0.1, -0.05) is 38.1 Å². The van der Waals surface area contributed by atoms with Crippen molar-refractivity contribution in [2.45, 2.75) is 19.8 Å². The molecule has 2 nitrogen and oxygen atoms in total. The van der Waals surface area contributed by atoms with Crippen LogP contribution in [0.5, 0.6) is 0 Å². The van der Waals surface area contributed by atoms with Crippen LogP contribution in [-0.4, -0.2) is 6.29 Å². The Hall–Kier alpha value is -1.83. The Kier molecular flexibility index (Phi) is 2.91. The van der Waals surface area contributed by atoms with E-state index < -0.39 is 0 Å². The number of carbonyl (C=O) groups is 1. The first-order valence-corrected chi connectivity index (χ1v) is 5.36. The van der Waals surface area contributed by atoms with Gasteiger partial charge in [0.05, 0.1) is 0 Å². The van der Waals surface area contributed by atoms with Gasteiger partial charge in [0.1, 0.15) is 5.76 Å². The first-order chi connectivity index (χ1) is 7.70. The van der Waals surface area contributed by atoms with E-state index in [2.05, 4.69) is 26.0 Å². The van der Waals surface area contributed by atoms with Crippen molar-refractivity contribution < 1.29 is 9.21 Å². The van der Waals surface area contributed by atoms with Gasteiger partial charge in [0.15, 0.2) is 12.0 Å². The Balaban J connectivity index is 2.30. The first-order valence-electron chi connectivity index (χ1n) is 5.36. The maximum absolute atomic E-state index is 10.5. The lowest BCUT2D eigenvalue weighted by molar-refractivity contribution is 0.110. The summed E-state index contributed by atoms with van der Waals surface area (Å²) in [6, 6.07) is 11.7. The van der Waals surface area contributed by atoms with E-state index in [1.165, 1.54) is 5.56 Å². The van der Waals surface area contributed by atoms with Gasteiger partial charge in [0, 0.05) is 5.56 Å². The third-order valence-corrected chi connectivity index (χ3v) is 2.60. The van der Waals surface area contributed by atoms with Gasteiger partial charge < -0.3 is 4.42 Å². The van der Waals surface area contributed by atoms with Crippen molar-refractivity contribution in [3.63, 3.8) is 0 Å². The highest BCUT2D eigenvalue weighted by atomic mass is 16.3. The first kappa shape index (κ1) is 10.7. The number of benzene rings is 1. The summed E-state index contributed by atoms with van der Waals surface area (Å²) in [5.74, 6) is 1.62. The Morgan fingerprint density at radius 3 is 2.25 bits per heavy atom. The Morgan fingerprint density at radius 1 is 1.06 bits per heavy atom. The minimum atomic E-state index is 0.364. The normalized spacial score (nSPS) is 10.7. The number of hydrogen-bond acceptors (Lipinski definition) is 2. The molecule has 0 aliphatic rings. The van der Waals surface area contributed by atoms with Gasteiger partial charge in [-0.05, 0) is 23.6 Å². The molecule has 0 atom stereocenters. The maximum atomic E-state index is 10.5. The van der Waals surface area contributed by atoms with Crippen LogP contribution in [0.2, 0.25) is 0 Å². The van der Waals surface area contributed by atoms with Crippen molar-refractivity contribution in [3.8, 4) is 11.3 Å². The molecule has 1 aromatic heterocycles. The molecule has 0 aliphatic heterocycles. The molecule has 2 heteroatoms. The molecule has 82 valence electrons. The smallest absolute Gasteiger partial charge is 0.185 e. The molecule has 16 heavy (non-hydrogen) atoms. The third-order valence-electron chi connectivity index (χ3n) is 2.60. The summed E-state index contributed by atoms with van der Waals surface area (Å²) in [5.41, 5.74) is 2.29. The Morgan fingerprint density at radius 2 is 1.75 bits per heavy atom. The van der Waals surface area contributed by atoms with E-state index in [4.69, 9.17) is 4.42 Å². The summed E-state index contributed by atoms with van der Waals surface area (Å²) >= 11 is 0. The van der Waals surface area contributed by atoms with E-state index >= 15 is 0 Å². The lowest BCUT2D eigenvalue weighted by atomic mass is 10.0. The van der Waals surface area contributed by atoms with Crippen molar-refractivity contribution in [3.05, 3.63) is 47.7 Å². The predicted molar refractivity (Wildman–Crippen MR) is 63.6 cm³/mol. The van der Waals surface area contributed by atoms with Crippen LogP contribution in [0.4, 0.5) is 0 Å². The highest BCUT2D eigenvalue weighted by Crippen LogP contribution is 2.24. The monoisotopic (exact) mass is 214 g/mol. The quantitative estimate of drug-likeness (QED) is 0.726. The minimum absolute atomic E-state index is 0.364. The van der Waals surface area contributed by atoms with Gasteiger partial charge in [-0.3, -0.25) is 4.79 Å². The molecule has 2 aromatic rings. The molecule has 0 saturated heterocycles. The number of aldehydes is 1. The van der Waals surface area contributed by atoms with Gasteiger partial charge in [-0.15, -0.1) is 0 Å². The number of rotatable bonds is 3. The fourth-order valence-electron chi connectivity index (χ4n) is 1.60.